The van der Waals surface area contributed by atoms with Gasteiger partial charge in [-0.15, -0.1) is 0 Å². The second-order valence-electron chi connectivity index (χ2n) is 6.13. The fraction of sp³-hybridized carbons (Fsp3) is 0.474. The molecule has 0 radical (unpaired) electrons. The van der Waals surface area contributed by atoms with E-state index in [0.29, 0.717) is 32.6 Å². The normalized spacial score (nSPS) is 16.8. The van der Waals surface area contributed by atoms with Crippen LogP contribution < -0.4 is 5.32 Å². The van der Waals surface area contributed by atoms with Gasteiger partial charge in [-0.25, -0.2) is 4.79 Å². The third kappa shape index (κ3) is 4.03. The number of esters is 1. The summed E-state index contributed by atoms with van der Waals surface area (Å²) in [7, 11) is 1.32. The van der Waals surface area contributed by atoms with Gasteiger partial charge in [0.1, 0.15) is 0 Å². The summed E-state index contributed by atoms with van der Waals surface area (Å²) < 4.78 is 10.00. The Hall–Kier alpha value is -2.14. The quantitative estimate of drug-likeness (QED) is 0.663. The number of aryl methyl sites for hydroxylation is 2. The zero-order valence-corrected chi connectivity index (χ0v) is 14.6. The zero-order valence-electron chi connectivity index (χ0n) is 14.6. The van der Waals surface area contributed by atoms with Crippen LogP contribution in [-0.2, 0) is 24.5 Å². The number of methoxy groups -OCH3 is 1. The van der Waals surface area contributed by atoms with Gasteiger partial charge in [-0.3, -0.25) is 4.79 Å². The summed E-state index contributed by atoms with van der Waals surface area (Å²) in [5.41, 5.74) is 2.85. The first kappa shape index (κ1) is 18.2. The van der Waals surface area contributed by atoms with Crippen LogP contribution >= 0.6 is 0 Å². The molecule has 5 heteroatoms. The lowest BCUT2D eigenvalue weighted by Gasteiger charge is -2.36. The predicted molar refractivity (Wildman–Crippen MR) is 91.8 cm³/mol. The van der Waals surface area contributed by atoms with Crippen molar-refractivity contribution in [3.05, 3.63) is 47.0 Å². The van der Waals surface area contributed by atoms with E-state index < -0.39 is 11.4 Å². The minimum Gasteiger partial charge on any atom is -0.466 e. The van der Waals surface area contributed by atoms with E-state index in [9.17, 15) is 9.59 Å². The summed E-state index contributed by atoms with van der Waals surface area (Å²) in [6.07, 6.45) is 4.22. The van der Waals surface area contributed by atoms with Crippen molar-refractivity contribution in [3.8, 4) is 0 Å². The van der Waals surface area contributed by atoms with Crippen molar-refractivity contribution in [2.24, 2.45) is 0 Å². The highest BCUT2D eigenvalue weighted by molar-refractivity contribution is 5.89. The number of amides is 1. The van der Waals surface area contributed by atoms with Crippen LogP contribution in [0.5, 0.6) is 0 Å². The molecule has 5 nitrogen and oxygen atoms in total. The van der Waals surface area contributed by atoms with Crippen LogP contribution in [0.2, 0.25) is 0 Å². The minimum absolute atomic E-state index is 0.0245. The maximum Gasteiger partial charge on any atom is 0.330 e. The number of carbonyl (C=O) groups is 2. The Balaban J connectivity index is 2.17. The lowest BCUT2D eigenvalue weighted by molar-refractivity contribution is -0.135. The van der Waals surface area contributed by atoms with E-state index in [1.807, 2.05) is 6.07 Å². The summed E-state index contributed by atoms with van der Waals surface area (Å²) in [5.74, 6) is -0.456. The topological polar surface area (TPSA) is 64.6 Å². The molecule has 130 valence electrons. The van der Waals surface area contributed by atoms with E-state index >= 15 is 0 Å². The summed E-state index contributed by atoms with van der Waals surface area (Å²) >= 11 is 0. The van der Waals surface area contributed by atoms with Crippen molar-refractivity contribution in [2.45, 2.75) is 32.1 Å². The molecule has 0 saturated carbocycles. The van der Waals surface area contributed by atoms with Crippen LogP contribution in [0.3, 0.4) is 0 Å². The Labute approximate surface area is 143 Å². The monoisotopic (exact) mass is 331 g/mol. The number of hydrogen-bond donors (Lipinski definition) is 1. The third-order valence-electron chi connectivity index (χ3n) is 4.68. The van der Waals surface area contributed by atoms with E-state index in [4.69, 9.17) is 4.74 Å². The predicted octanol–water partition coefficient (Wildman–Crippen LogP) is 2.20. The SMILES string of the molecule is COC(=O)/C=C/CNC(=O)C1(c2ccc(C)c(C)c2)CCOCC1. The molecule has 0 aromatic heterocycles. The summed E-state index contributed by atoms with van der Waals surface area (Å²) in [5, 5.41) is 2.92. The van der Waals surface area contributed by atoms with Gasteiger partial charge in [-0.05, 0) is 43.4 Å². The summed E-state index contributed by atoms with van der Waals surface area (Å²) in [6.45, 7) is 5.55. The Morgan fingerprint density at radius 3 is 2.58 bits per heavy atom. The van der Waals surface area contributed by atoms with Gasteiger partial charge in [0, 0.05) is 25.8 Å². The molecule has 1 aromatic carbocycles. The van der Waals surface area contributed by atoms with Gasteiger partial charge < -0.3 is 14.8 Å². The molecule has 1 fully saturated rings. The molecule has 0 atom stereocenters. The van der Waals surface area contributed by atoms with E-state index in [-0.39, 0.29) is 5.91 Å². The highest BCUT2D eigenvalue weighted by Gasteiger charge is 2.41. The molecule has 1 heterocycles. The average molecular weight is 331 g/mol. The number of carbonyl (C=O) groups excluding carboxylic acids is 2. The van der Waals surface area contributed by atoms with Crippen molar-refractivity contribution in [1.29, 1.82) is 0 Å². The molecule has 0 spiro atoms. The number of rotatable bonds is 5. The van der Waals surface area contributed by atoms with Crippen LogP contribution in [0.1, 0.15) is 29.5 Å². The zero-order chi connectivity index (χ0) is 17.6. The van der Waals surface area contributed by atoms with E-state index in [0.717, 1.165) is 5.56 Å². The molecule has 1 aliphatic heterocycles. The van der Waals surface area contributed by atoms with Crippen molar-refractivity contribution < 1.29 is 19.1 Å². The molecule has 1 amide bonds. The standard InChI is InChI=1S/C19H25NO4/c1-14-6-7-16(13-15(14)2)19(8-11-24-12-9-19)18(22)20-10-4-5-17(21)23-3/h4-7,13H,8-12H2,1-3H3,(H,20,22)/b5-4+. The van der Waals surface area contributed by atoms with Crippen LogP contribution in [0.4, 0.5) is 0 Å². The molecule has 1 aromatic rings. The first-order valence-electron chi connectivity index (χ1n) is 8.18. The van der Waals surface area contributed by atoms with Gasteiger partial charge in [0.2, 0.25) is 5.91 Å². The molecule has 0 bridgehead atoms. The molecule has 1 N–H and O–H groups in total. The second kappa shape index (κ2) is 8.11. The summed E-state index contributed by atoms with van der Waals surface area (Å²) in [4.78, 5) is 24.0. The van der Waals surface area contributed by atoms with Crippen molar-refractivity contribution >= 4 is 11.9 Å². The molecule has 1 aliphatic rings. The Morgan fingerprint density at radius 2 is 1.96 bits per heavy atom. The van der Waals surface area contributed by atoms with Crippen molar-refractivity contribution in [3.63, 3.8) is 0 Å². The molecule has 1 saturated heterocycles. The smallest absolute Gasteiger partial charge is 0.330 e. The average Bonchev–Trinajstić information content (AvgIpc) is 2.61. The molecule has 2 rings (SSSR count). The van der Waals surface area contributed by atoms with Gasteiger partial charge in [-0.2, -0.15) is 0 Å². The molecule has 0 unspecified atom stereocenters. The third-order valence-corrected chi connectivity index (χ3v) is 4.68. The van der Waals surface area contributed by atoms with Gasteiger partial charge in [0.15, 0.2) is 0 Å². The van der Waals surface area contributed by atoms with Crippen LogP contribution in [0.25, 0.3) is 0 Å². The molecule has 24 heavy (non-hydrogen) atoms. The highest BCUT2D eigenvalue weighted by atomic mass is 16.5. The number of benzene rings is 1. The van der Waals surface area contributed by atoms with Gasteiger partial charge >= 0.3 is 5.97 Å². The van der Waals surface area contributed by atoms with Crippen LogP contribution in [0, 0.1) is 13.8 Å². The Morgan fingerprint density at radius 1 is 1.25 bits per heavy atom. The minimum atomic E-state index is -0.574. The number of hydrogen-bond acceptors (Lipinski definition) is 4. The molecular formula is C19H25NO4. The maximum atomic E-state index is 12.9. The first-order valence-corrected chi connectivity index (χ1v) is 8.18. The maximum absolute atomic E-state index is 12.9. The lowest BCUT2D eigenvalue weighted by atomic mass is 9.72. The lowest BCUT2D eigenvalue weighted by Crippen LogP contribution is -2.48. The fourth-order valence-corrected chi connectivity index (χ4v) is 2.95. The van der Waals surface area contributed by atoms with Crippen molar-refractivity contribution in [2.75, 3.05) is 26.9 Å². The second-order valence-corrected chi connectivity index (χ2v) is 6.13. The molecule has 0 aliphatic carbocycles. The number of nitrogens with one attached hydrogen (secondary N) is 1. The van der Waals surface area contributed by atoms with Gasteiger partial charge in [0.05, 0.1) is 12.5 Å². The highest BCUT2D eigenvalue weighted by Crippen LogP contribution is 2.36. The van der Waals surface area contributed by atoms with Crippen LogP contribution in [0.15, 0.2) is 30.4 Å². The summed E-state index contributed by atoms with van der Waals surface area (Å²) in [6, 6.07) is 6.20. The Kier molecular flexibility index (Phi) is 6.15. The van der Waals surface area contributed by atoms with Crippen molar-refractivity contribution in [1.82, 2.24) is 5.32 Å². The first-order chi connectivity index (χ1) is 11.5. The fourth-order valence-electron chi connectivity index (χ4n) is 2.95. The van der Waals surface area contributed by atoms with Crippen LogP contribution in [-0.4, -0.2) is 38.7 Å². The van der Waals surface area contributed by atoms with Gasteiger partial charge in [0.25, 0.3) is 0 Å². The van der Waals surface area contributed by atoms with E-state index in [2.05, 4.69) is 36.0 Å². The Bertz CT molecular complexity index is 630. The van der Waals surface area contributed by atoms with E-state index in [1.165, 1.54) is 24.3 Å². The van der Waals surface area contributed by atoms with Gasteiger partial charge in [-0.1, -0.05) is 24.3 Å². The van der Waals surface area contributed by atoms with E-state index in [1.54, 1.807) is 6.08 Å². The molecular weight excluding hydrogens is 306 g/mol. The largest absolute Gasteiger partial charge is 0.466 e. The number of ether oxygens (including phenoxy) is 2.